The Hall–Kier alpha value is -2.97. The summed E-state index contributed by atoms with van der Waals surface area (Å²) in [6.45, 7) is 3.55. The lowest BCUT2D eigenvalue weighted by atomic mass is 10.1. The van der Waals surface area contributed by atoms with Gasteiger partial charge >= 0.3 is 0 Å². The quantitative estimate of drug-likeness (QED) is 0.298. The van der Waals surface area contributed by atoms with Crippen molar-refractivity contribution in [2.75, 3.05) is 44.7 Å². The third-order valence-electron chi connectivity index (χ3n) is 5.89. The van der Waals surface area contributed by atoms with E-state index in [-0.39, 0.29) is 24.2 Å². The zero-order chi connectivity index (χ0) is 22.4. The minimum atomic E-state index is -0.712. The maximum absolute atomic E-state index is 13.2. The lowest BCUT2D eigenvalue weighted by molar-refractivity contribution is -0.463. The van der Waals surface area contributed by atoms with Gasteiger partial charge in [0, 0.05) is 37.3 Å². The molecule has 0 unspecified atom stereocenters. The number of amides is 2. The van der Waals surface area contributed by atoms with E-state index in [4.69, 9.17) is 0 Å². The molecule has 2 amide bonds. The van der Waals surface area contributed by atoms with Gasteiger partial charge in [-0.2, -0.15) is 0 Å². The maximum Gasteiger partial charge on any atom is 0.260 e. The molecule has 0 aliphatic carbocycles. The highest BCUT2D eigenvalue weighted by molar-refractivity contribution is 6.00. The van der Waals surface area contributed by atoms with Crippen molar-refractivity contribution in [3.05, 3.63) is 39.9 Å². The fourth-order valence-electron chi connectivity index (χ4n) is 4.11. The Balaban J connectivity index is 1.80. The summed E-state index contributed by atoms with van der Waals surface area (Å²) < 4.78 is 0. The summed E-state index contributed by atoms with van der Waals surface area (Å²) in [6, 6.07) is 6.90. The van der Waals surface area contributed by atoms with Crippen LogP contribution in [0.25, 0.3) is 0 Å². The predicted octanol–water partition coefficient (Wildman–Crippen LogP) is 2.11. The van der Waals surface area contributed by atoms with E-state index in [0.717, 1.165) is 50.0 Å². The van der Waals surface area contributed by atoms with Crippen LogP contribution in [0, 0.1) is 17.0 Å². The van der Waals surface area contributed by atoms with Gasteiger partial charge in [-0.05, 0) is 56.7 Å². The van der Waals surface area contributed by atoms with Crippen molar-refractivity contribution in [3.8, 4) is 0 Å². The molecule has 2 heterocycles. The number of rotatable bonds is 6. The fraction of sp³-hybridized carbons (Fsp3) is 0.591. The number of anilines is 1. The molecule has 0 saturated carbocycles. The molecule has 2 fully saturated rings. The maximum atomic E-state index is 13.2. The molecule has 2 aliphatic rings. The van der Waals surface area contributed by atoms with Crippen LogP contribution in [0.5, 0.6) is 0 Å². The number of hydrogen-bond donors (Lipinski definition) is 0. The molecular weight excluding hydrogens is 398 g/mol. The molecule has 31 heavy (non-hydrogen) atoms. The van der Waals surface area contributed by atoms with E-state index in [1.54, 1.807) is 21.7 Å². The molecular formula is C22H31N5O4. The topological polar surface area (TPSA) is 99.4 Å². The monoisotopic (exact) mass is 429 g/mol. The minimum absolute atomic E-state index is 0.0297. The van der Waals surface area contributed by atoms with Gasteiger partial charge in [0.15, 0.2) is 5.84 Å². The number of carbonyl (C=O) groups excluding carboxylic acids is 2. The van der Waals surface area contributed by atoms with Crippen LogP contribution in [0.1, 0.15) is 37.7 Å². The SMILES string of the molecule is Cc1cccc(N(C)C(C[N+](=O)[O-])=N[C@H]2CCCCN(CC(=O)N3CCCC3)C2=O)c1. The lowest BCUT2D eigenvalue weighted by Gasteiger charge is -2.26. The number of nitro groups is 1. The molecule has 2 saturated heterocycles. The first kappa shape index (κ1) is 22.7. The Bertz CT molecular complexity index is 850. The van der Waals surface area contributed by atoms with Crippen molar-refractivity contribution < 1.29 is 14.5 Å². The summed E-state index contributed by atoms with van der Waals surface area (Å²) >= 11 is 0. The second-order valence-electron chi connectivity index (χ2n) is 8.29. The number of benzene rings is 1. The molecule has 9 nitrogen and oxygen atoms in total. The van der Waals surface area contributed by atoms with E-state index in [1.165, 1.54) is 0 Å². The molecule has 1 aromatic carbocycles. The number of likely N-dealkylation sites (tertiary alicyclic amines) is 2. The molecule has 1 aromatic rings. The molecule has 2 aliphatic heterocycles. The van der Waals surface area contributed by atoms with Crippen LogP contribution in [0.4, 0.5) is 5.69 Å². The van der Waals surface area contributed by atoms with E-state index >= 15 is 0 Å². The van der Waals surface area contributed by atoms with Crippen molar-refractivity contribution in [2.24, 2.45) is 4.99 Å². The molecule has 0 aromatic heterocycles. The Morgan fingerprint density at radius 1 is 1.23 bits per heavy atom. The smallest absolute Gasteiger partial charge is 0.260 e. The third-order valence-corrected chi connectivity index (χ3v) is 5.89. The van der Waals surface area contributed by atoms with Gasteiger partial charge in [-0.15, -0.1) is 0 Å². The van der Waals surface area contributed by atoms with Crippen molar-refractivity contribution in [2.45, 2.75) is 45.1 Å². The van der Waals surface area contributed by atoms with Crippen molar-refractivity contribution in [1.29, 1.82) is 0 Å². The molecule has 9 heteroatoms. The Morgan fingerprint density at radius 3 is 2.61 bits per heavy atom. The van der Waals surface area contributed by atoms with Crippen molar-refractivity contribution in [1.82, 2.24) is 9.80 Å². The van der Waals surface area contributed by atoms with Gasteiger partial charge in [0.2, 0.25) is 11.8 Å². The highest BCUT2D eigenvalue weighted by Gasteiger charge is 2.31. The molecule has 3 rings (SSSR count). The van der Waals surface area contributed by atoms with Crippen LogP contribution < -0.4 is 4.90 Å². The van der Waals surface area contributed by atoms with Gasteiger partial charge in [-0.3, -0.25) is 24.7 Å². The van der Waals surface area contributed by atoms with Crippen LogP contribution in [-0.2, 0) is 9.59 Å². The highest BCUT2D eigenvalue weighted by atomic mass is 16.6. The number of amidine groups is 1. The number of hydrogen-bond acceptors (Lipinski definition) is 5. The van der Waals surface area contributed by atoms with Gasteiger partial charge in [0.25, 0.3) is 6.54 Å². The van der Waals surface area contributed by atoms with Crippen LogP contribution >= 0.6 is 0 Å². The van der Waals surface area contributed by atoms with Crippen LogP contribution in [-0.4, -0.2) is 78.2 Å². The Labute approximate surface area is 182 Å². The van der Waals surface area contributed by atoms with Gasteiger partial charge in [0.05, 0.1) is 6.54 Å². The summed E-state index contributed by atoms with van der Waals surface area (Å²) in [6.07, 6.45) is 4.11. The largest absolute Gasteiger partial charge is 0.341 e. The summed E-state index contributed by atoms with van der Waals surface area (Å²) in [5, 5.41) is 11.3. The van der Waals surface area contributed by atoms with E-state index in [2.05, 4.69) is 4.99 Å². The third kappa shape index (κ3) is 6.02. The zero-order valence-corrected chi connectivity index (χ0v) is 18.3. The summed E-state index contributed by atoms with van der Waals surface area (Å²) in [5.41, 5.74) is 1.81. The van der Waals surface area contributed by atoms with Crippen molar-refractivity contribution >= 4 is 23.3 Å². The number of aliphatic imine (C=N–C) groups is 1. The Kier molecular flexibility index (Phi) is 7.59. The average Bonchev–Trinajstić information content (AvgIpc) is 3.22. The van der Waals surface area contributed by atoms with Gasteiger partial charge < -0.3 is 14.7 Å². The van der Waals surface area contributed by atoms with Gasteiger partial charge in [-0.25, -0.2) is 0 Å². The molecule has 0 spiro atoms. The first-order chi connectivity index (χ1) is 14.8. The van der Waals surface area contributed by atoms with E-state index in [0.29, 0.717) is 13.0 Å². The molecule has 168 valence electrons. The van der Waals surface area contributed by atoms with Crippen molar-refractivity contribution in [3.63, 3.8) is 0 Å². The summed E-state index contributed by atoms with van der Waals surface area (Å²) in [4.78, 5) is 46.3. The first-order valence-electron chi connectivity index (χ1n) is 10.9. The van der Waals surface area contributed by atoms with Crippen LogP contribution in [0.15, 0.2) is 29.3 Å². The first-order valence-corrected chi connectivity index (χ1v) is 10.9. The minimum Gasteiger partial charge on any atom is -0.341 e. The van der Waals surface area contributed by atoms with Crippen LogP contribution in [0.2, 0.25) is 0 Å². The molecule has 0 bridgehead atoms. The summed E-state index contributed by atoms with van der Waals surface area (Å²) in [7, 11) is 1.73. The standard InChI is InChI=1S/C22H31N5O4/c1-17-8-7-9-18(14-17)24(2)20(15-27(30)31)23-19-10-3-4-13-26(22(19)29)16-21(28)25-11-5-6-12-25/h7-9,14,19H,3-6,10-13,15-16H2,1-2H3/t19-/m0/s1. The zero-order valence-electron chi connectivity index (χ0n) is 18.3. The molecule has 0 radical (unpaired) electrons. The fourth-order valence-corrected chi connectivity index (χ4v) is 4.11. The Morgan fingerprint density at radius 2 is 1.94 bits per heavy atom. The van der Waals surface area contributed by atoms with Gasteiger partial charge in [-0.1, -0.05) is 12.1 Å². The number of nitrogens with zero attached hydrogens (tertiary/aromatic N) is 5. The lowest BCUT2D eigenvalue weighted by Crippen LogP contribution is -2.45. The molecule has 1 atom stereocenters. The van der Waals surface area contributed by atoms with Crippen LogP contribution in [0.3, 0.4) is 0 Å². The number of carbonyl (C=O) groups is 2. The molecule has 0 N–H and O–H groups in total. The number of likely N-dealkylation sites (N-methyl/N-ethyl adjacent to an activating group) is 1. The second-order valence-corrected chi connectivity index (χ2v) is 8.29. The predicted molar refractivity (Wildman–Crippen MR) is 119 cm³/mol. The van der Waals surface area contributed by atoms with E-state index in [1.807, 2.05) is 31.2 Å². The summed E-state index contributed by atoms with van der Waals surface area (Å²) in [5.74, 6) is -0.0110. The van der Waals surface area contributed by atoms with E-state index in [9.17, 15) is 19.7 Å². The normalized spacial score (nSPS) is 20.0. The average molecular weight is 430 g/mol. The second kappa shape index (κ2) is 10.4. The van der Waals surface area contributed by atoms with E-state index < -0.39 is 17.5 Å². The van der Waals surface area contributed by atoms with Gasteiger partial charge in [0.1, 0.15) is 6.04 Å². The number of aryl methyl sites for hydroxylation is 1. The highest BCUT2D eigenvalue weighted by Crippen LogP contribution is 2.19.